The van der Waals surface area contributed by atoms with Gasteiger partial charge in [0.05, 0.1) is 5.69 Å². The van der Waals surface area contributed by atoms with Gasteiger partial charge in [-0.3, -0.25) is 0 Å². The van der Waals surface area contributed by atoms with E-state index < -0.39 is 0 Å². The molecule has 2 heterocycles. The van der Waals surface area contributed by atoms with E-state index in [1.54, 1.807) is 0 Å². The highest BCUT2D eigenvalue weighted by molar-refractivity contribution is 7.26. The van der Waals surface area contributed by atoms with Crippen LogP contribution >= 0.6 is 11.3 Å². The van der Waals surface area contributed by atoms with Crippen molar-refractivity contribution in [3.05, 3.63) is 188 Å². The van der Waals surface area contributed by atoms with E-state index in [0.29, 0.717) is 0 Å². The van der Waals surface area contributed by atoms with Gasteiger partial charge in [0.25, 0.3) is 0 Å². The van der Waals surface area contributed by atoms with Crippen LogP contribution in [0.15, 0.2) is 192 Å². The fourth-order valence-corrected chi connectivity index (χ4v) is 9.52. The van der Waals surface area contributed by atoms with Crippen LogP contribution in [0.5, 0.6) is 0 Å². The number of furan rings is 1. The quantitative estimate of drug-likeness (QED) is 0.167. The van der Waals surface area contributed by atoms with Crippen molar-refractivity contribution in [2.45, 2.75) is 0 Å². The molecule has 2 nitrogen and oxygen atoms in total. The second-order valence-electron chi connectivity index (χ2n) is 13.6. The first-order valence-corrected chi connectivity index (χ1v) is 18.8. The number of benzene rings is 9. The van der Waals surface area contributed by atoms with E-state index in [2.05, 4.69) is 181 Å². The first-order chi connectivity index (χ1) is 26.3. The molecule has 0 spiro atoms. The van der Waals surface area contributed by atoms with Gasteiger partial charge in [0.1, 0.15) is 11.2 Å². The van der Waals surface area contributed by atoms with Crippen molar-refractivity contribution in [2.75, 3.05) is 4.90 Å². The van der Waals surface area contributed by atoms with Crippen molar-refractivity contribution >= 4 is 92.1 Å². The van der Waals surface area contributed by atoms with Crippen molar-refractivity contribution in [1.82, 2.24) is 0 Å². The summed E-state index contributed by atoms with van der Waals surface area (Å²) in [5.74, 6) is 0. The zero-order chi connectivity index (χ0) is 34.9. The lowest BCUT2D eigenvalue weighted by molar-refractivity contribution is 0.669. The van der Waals surface area contributed by atoms with Crippen LogP contribution in [0.3, 0.4) is 0 Å². The van der Waals surface area contributed by atoms with Crippen LogP contribution in [-0.2, 0) is 0 Å². The molecule has 0 saturated heterocycles. The molecular weight excluding hydrogens is 663 g/mol. The van der Waals surface area contributed by atoms with Gasteiger partial charge in [-0.1, -0.05) is 146 Å². The van der Waals surface area contributed by atoms with Crippen LogP contribution < -0.4 is 4.90 Å². The summed E-state index contributed by atoms with van der Waals surface area (Å²) in [4.78, 5) is 2.44. The molecule has 0 saturated carbocycles. The second kappa shape index (κ2) is 11.9. The Labute approximate surface area is 310 Å². The molecular formula is C50H31NOS. The minimum Gasteiger partial charge on any atom is -0.456 e. The second-order valence-corrected chi connectivity index (χ2v) is 14.7. The molecule has 53 heavy (non-hydrogen) atoms. The summed E-state index contributed by atoms with van der Waals surface area (Å²) in [6.07, 6.45) is 0. The number of nitrogens with zero attached hydrogens (tertiary/aromatic N) is 1. The highest BCUT2D eigenvalue weighted by Gasteiger charge is 2.24. The number of para-hydroxylation sites is 1. The Morgan fingerprint density at radius 1 is 0.377 bits per heavy atom. The number of hydrogen-bond donors (Lipinski definition) is 0. The van der Waals surface area contributed by atoms with Crippen LogP contribution in [0.4, 0.5) is 17.1 Å². The first-order valence-electron chi connectivity index (χ1n) is 18.0. The average molecular weight is 694 g/mol. The predicted octanol–water partition coefficient (Wildman–Crippen LogP) is 15.1. The maximum absolute atomic E-state index is 6.50. The molecule has 11 aromatic rings. The number of hydrogen-bond acceptors (Lipinski definition) is 3. The molecule has 0 aliphatic carbocycles. The lowest BCUT2D eigenvalue weighted by atomic mass is 9.90. The third-order valence-electron chi connectivity index (χ3n) is 10.7. The summed E-state index contributed by atoms with van der Waals surface area (Å²) in [5, 5.41) is 9.73. The number of thiophene rings is 1. The molecule has 3 heteroatoms. The van der Waals surface area contributed by atoms with Crippen molar-refractivity contribution in [2.24, 2.45) is 0 Å². The fraction of sp³-hybridized carbons (Fsp3) is 0. The summed E-state index contributed by atoms with van der Waals surface area (Å²) >= 11 is 1.87. The monoisotopic (exact) mass is 693 g/mol. The molecule has 0 radical (unpaired) electrons. The summed E-state index contributed by atoms with van der Waals surface area (Å²) in [5.41, 5.74) is 9.84. The Kier molecular flexibility index (Phi) is 6.76. The topological polar surface area (TPSA) is 16.4 Å². The van der Waals surface area contributed by atoms with Gasteiger partial charge in [-0.05, 0) is 69.2 Å². The van der Waals surface area contributed by atoms with E-state index in [1.165, 1.54) is 64.0 Å². The average Bonchev–Trinajstić information content (AvgIpc) is 3.80. The van der Waals surface area contributed by atoms with Gasteiger partial charge in [0, 0.05) is 59.3 Å². The summed E-state index contributed by atoms with van der Waals surface area (Å²) < 4.78 is 9.14. The van der Waals surface area contributed by atoms with Gasteiger partial charge in [0.2, 0.25) is 0 Å². The van der Waals surface area contributed by atoms with E-state index in [1.807, 2.05) is 23.5 Å². The molecule has 2 aromatic heterocycles. The van der Waals surface area contributed by atoms with Crippen LogP contribution in [-0.4, -0.2) is 0 Å². The van der Waals surface area contributed by atoms with Gasteiger partial charge in [-0.15, -0.1) is 11.3 Å². The van der Waals surface area contributed by atoms with Crippen molar-refractivity contribution in [3.8, 4) is 22.3 Å². The minimum atomic E-state index is 0.869. The largest absolute Gasteiger partial charge is 0.456 e. The molecule has 0 bridgehead atoms. The van der Waals surface area contributed by atoms with Crippen molar-refractivity contribution in [1.29, 1.82) is 0 Å². The SMILES string of the molecule is c1ccc(-c2c(N(c3ccc(-c4cccc5c4sc4ccccc45)cc3)c3ccc4c(c3)oc3ccccc34)c3ccccc3c3ccccc23)cc1. The van der Waals surface area contributed by atoms with E-state index in [-0.39, 0.29) is 0 Å². The fourth-order valence-electron chi connectivity index (χ4n) is 8.28. The molecule has 11 rings (SSSR count). The molecule has 9 aromatic carbocycles. The maximum Gasteiger partial charge on any atom is 0.137 e. The van der Waals surface area contributed by atoms with E-state index in [4.69, 9.17) is 4.42 Å². The molecule has 0 amide bonds. The summed E-state index contributed by atoms with van der Waals surface area (Å²) in [6.45, 7) is 0. The maximum atomic E-state index is 6.50. The van der Waals surface area contributed by atoms with Crippen LogP contribution in [0.1, 0.15) is 0 Å². The van der Waals surface area contributed by atoms with Gasteiger partial charge in [-0.2, -0.15) is 0 Å². The van der Waals surface area contributed by atoms with E-state index in [9.17, 15) is 0 Å². The Morgan fingerprint density at radius 2 is 0.981 bits per heavy atom. The smallest absolute Gasteiger partial charge is 0.137 e. The number of anilines is 3. The van der Waals surface area contributed by atoms with Crippen molar-refractivity contribution < 1.29 is 4.42 Å². The van der Waals surface area contributed by atoms with E-state index >= 15 is 0 Å². The van der Waals surface area contributed by atoms with Crippen LogP contribution in [0, 0.1) is 0 Å². The first kappa shape index (κ1) is 30.0. The van der Waals surface area contributed by atoms with Crippen molar-refractivity contribution in [3.63, 3.8) is 0 Å². The zero-order valence-electron chi connectivity index (χ0n) is 28.7. The molecule has 0 aliphatic heterocycles. The lowest BCUT2D eigenvalue weighted by Crippen LogP contribution is -2.12. The molecule has 248 valence electrons. The Morgan fingerprint density at radius 3 is 1.79 bits per heavy atom. The summed E-state index contributed by atoms with van der Waals surface area (Å²) in [7, 11) is 0. The minimum absolute atomic E-state index is 0.869. The molecule has 0 aliphatic rings. The summed E-state index contributed by atoms with van der Waals surface area (Å²) in [6, 6.07) is 68.0. The van der Waals surface area contributed by atoms with Gasteiger partial charge in [-0.25, -0.2) is 0 Å². The highest BCUT2D eigenvalue weighted by Crippen LogP contribution is 2.50. The predicted molar refractivity (Wildman–Crippen MR) is 227 cm³/mol. The lowest BCUT2D eigenvalue weighted by Gasteiger charge is -2.30. The molecule has 0 N–H and O–H groups in total. The third-order valence-corrected chi connectivity index (χ3v) is 11.9. The molecule has 0 unspecified atom stereocenters. The molecule has 0 atom stereocenters. The standard InChI is InChI=1S/C50H31NOS/c1-2-13-33(14-3-1)48-42-19-6-4-15-37(42)38-16-5-7-20-43(38)49(48)51(35-29-30-40-39-17-8-10-23-45(39)52-46(40)31-35)34-27-25-32(26-28-34)36-21-12-22-44-41-18-9-11-24-47(41)53-50(36)44/h1-31H. The van der Waals surface area contributed by atoms with Crippen LogP contribution in [0.25, 0.3) is 85.9 Å². The number of fused-ring (bicyclic) bond motifs is 9. The Balaban J connectivity index is 1.19. The van der Waals surface area contributed by atoms with Gasteiger partial charge < -0.3 is 9.32 Å². The molecule has 0 fully saturated rings. The Hall–Kier alpha value is -6.68. The zero-order valence-corrected chi connectivity index (χ0v) is 29.5. The van der Waals surface area contributed by atoms with Crippen LogP contribution in [0.2, 0.25) is 0 Å². The third kappa shape index (κ3) is 4.71. The van der Waals surface area contributed by atoms with E-state index in [0.717, 1.165) is 39.0 Å². The Bertz CT molecular complexity index is 3170. The highest BCUT2D eigenvalue weighted by atomic mass is 32.1. The van der Waals surface area contributed by atoms with Gasteiger partial charge in [0.15, 0.2) is 0 Å². The van der Waals surface area contributed by atoms with Gasteiger partial charge >= 0.3 is 0 Å². The number of rotatable bonds is 5. The normalized spacial score (nSPS) is 11.8.